The van der Waals surface area contributed by atoms with Crippen LogP contribution in [0.2, 0.25) is 5.02 Å². The third-order valence-corrected chi connectivity index (χ3v) is 3.62. The number of allylic oxidation sites excluding steroid dienone is 2. The molecule has 1 N–H and O–H groups in total. The molecule has 1 nitrogen and oxygen atoms in total. The van der Waals surface area contributed by atoms with Crippen LogP contribution in [0, 0.1) is 0 Å². The molecule has 15 heavy (non-hydrogen) atoms. The molecule has 0 heterocycles. The zero-order chi connectivity index (χ0) is 10.9. The van der Waals surface area contributed by atoms with E-state index in [-0.39, 0.29) is 5.41 Å². The second-order valence-electron chi connectivity index (χ2n) is 4.12. The van der Waals surface area contributed by atoms with Crippen molar-refractivity contribution < 1.29 is 5.11 Å². The quantitative estimate of drug-likeness (QED) is 0.743. The summed E-state index contributed by atoms with van der Waals surface area (Å²) in [6.07, 6.45) is 5.05. The first-order valence-corrected chi connectivity index (χ1v) is 5.69. The van der Waals surface area contributed by atoms with Gasteiger partial charge in [0.1, 0.15) is 0 Å². The zero-order valence-corrected chi connectivity index (χ0v) is 9.59. The Morgan fingerprint density at radius 1 is 1.33 bits per heavy atom. The Morgan fingerprint density at radius 3 is 2.33 bits per heavy atom. The maximum absolute atomic E-state index is 9.98. The fraction of sp³-hybridized carbons (Fsp3) is 0.385. The Kier molecular flexibility index (Phi) is 2.74. The van der Waals surface area contributed by atoms with Crippen LogP contribution in [0.1, 0.15) is 31.7 Å². The summed E-state index contributed by atoms with van der Waals surface area (Å²) in [4.78, 5) is 0. The lowest BCUT2D eigenvalue weighted by Crippen LogP contribution is -2.36. The first-order valence-electron chi connectivity index (χ1n) is 5.31. The van der Waals surface area contributed by atoms with Crippen LogP contribution in [-0.2, 0) is 5.41 Å². The van der Waals surface area contributed by atoms with Gasteiger partial charge in [0.2, 0.25) is 0 Å². The van der Waals surface area contributed by atoms with E-state index in [1.54, 1.807) is 6.08 Å². The van der Waals surface area contributed by atoms with Crippen LogP contribution in [0.3, 0.4) is 0 Å². The molecule has 1 aromatic carbocycles. The number of benzene rings is 1. The number of aliphatic hydroxyl groups excluding tert-OH is 1. The summed E-state index contributed by atoms with van der Waals surface area (Å²) in [7, 11) is 0. The van der Waals surface area contributed by atoms with Crippen LogP contribution in [0.15, 0.2) is 36.1 Å². The van der Waals surface area contributed by atoms with Gasteiger partial charge >= 0.3 is 0 Å². The predicted molar refractivity (Wildman–Crippen MR) is 63.4 cm³/mol. The molecule has 0 spiro atoms. The van der Waals surface area contributed by atoms with Gasteiger partial charge in [0.15, 0.2) is 0 Å². The van der Waals surface area contributed by atoms with Crippen molar-refractivity contribution in [2.75, 3.05) is 0 Å². The zero-order valence-electron chi connectivity index (χ0n) is 8.83. The minimum Gasteiger partial charge on any atom is -0.512 e. The highest BCUT2D eigenvalue weighted by atomic mass is 35.5. The Labute approximate surface area is 95.4 Å². The third kappa shape index (κ3) is 1.65. The summed E-state index contributed by atoms with van der Waals surface area (Å²) in [5.41, 5.74) is 1.05. The van der Waals surface area contributed by atoms with Crippen LogP contribution >= 0.6 is 11.6 Å². The van der Waals surface area contributed by atoms with Crippen LogP contribution in [0.25, 0.3) is 0 Å². The van der Waals surface area contributed by atoms with Crippen LogP contribution in [0.5, 0.6) is 0 Å². The van der Waals surface area contributed by atoms with Crippen LogP contribution in [0.4, 0.5) is 0 Å². The Hall–Kier alpha value is -0.950. The van der Waals surface area contributed by atoms with E-state index in [4.69, 9.17) is 11.6 Å². The van der Waals surface area contributed by atoms with Gasteiger partial charge in [-0.3, -0.25) is 0 Å². The molecule has 0 aliphatic heterocycles. The summed E-state index contributed by atoms with van der Waals surface area (Å²) < 4.78 is 0. The second kappa shape index (κ2) is 3.90. The largest absolute Gasteiger partial charge is 0.512 e. The molecule has 1 aromatic rings. The lowest BCUT2D eigenvalue weighted by atomic mass is 9.63. The molecule has 0 radical (unpaired) electrons. The molecule has 0 saturated heterocycles. The fourth-order valence-electron chi connectivity index (χ4n) is 2.27. The van der Waals surface area contributed by atoms with Gasteiger partial charge in [-0.25, -0.2) is 0 Å². The number of halogens is 1. The molecule has 0 atom stereocenters. The van der Waals surface area contributed by atoms with Gasteiger partial charge in [0.05, 0.1) is 11.2 Å². The topological polar surface area (TPSA) is 20.2 Å². The normalized spacial score (nSPS) is 19.7. The van der Waals surface area contributed by atoms with E-state index in [1.165, 1.54) is 12.0 Å². The van der Waals surface area contributed by atoms with Crippen molar-refractivity contribution in [3.05, 3.63) is 46.7 Å². The lowest BCUT2D eigenvalue weighted by Gasteiger charge is -2.41. The van der Waals surface area contributed by atoms with Crippen molar-refractivity contribution in [2.45, 2.75) is 31.6 Å². The predicted octanol–water partition coefficient (Wildman–Crippen LogP) is 4.22. The van der Waals surface area contributed by atoms with E-state index in [0.29, 0.717) is 5.76 Å². The molecule has 0 unspecified atom stereocenters. The highest BCUT2D eigenvalue weighted by Crippen LogP contribution is 2.48. The van der Waals surface area contributed by atoms with Crippen LogP contribution < -0.4 is 0 Å². The smallest absolute Gasteiger partial charge is 0.0985 e. The molecule has 1 aliphatic rings. The Morgan fingerprint density at radius 2 is 1.93 bits per heavy atom. The van der Waals surface area contributed by atoms with Gasteiger partial charge in [-0.05, 0) is 43.5 Å². The Balaban J connectivity index is 2.38. The minimum absolute atomic E-state index is 0.126. The molecule has 1 fully saturated rings. The maximum Gasteiger partial charge on any atom is 0.0985 e. The second-order valence-corrected chi connectivity index (χ2v) is 4.55. The summed E-state index contributed by atoms with van der Waals surface area (Å²) in [6, 6.07) is 7.81. The average molecular weight is 223 g/mol. The summed E-state index contributed by atoms with van der Waals surface area (Å²) in [5.74, 6) is 0.496. The van der Waals surface area contributed by atoms with Gasteiger partial charge < -0.3 is 5.11 Å². The number of aliphatic hydroxyl groups is 1. The molecule has 80 valence electrons. The van der Waals surface area contributed by atoms with Crippen molar-refractivity contribution in [2.24, 2.45) is 0 Å². The molecule has 2 rings (SSSR count). The summed E-state index contributed by atoms with van der Waals surface area (Å²) in [6.45, 7) is 1.88. The van der Waals surface area contributed by atoms with E-state index in [0.717, 1.165) is 17.9 Å². The molecule has 0 aromatic heterocycles. The molecule has 1 saturated carbocycles. The van der Waals surface area contributed by atoms with E-state index < -0.39 is 0 Å². The minimum atomic E-state index is -0.126. The highest BCUT2D eigenvalue weighted by Gasteiger charge is 2.42. The highest BCUT2D eigenvalue weighted by molar-refractivity contribution is 6.30. The average Bonchev–Trinajstić information content (AvgIpc) is 2.19. The van der Waals surface area contributed by atoms with Gasteiger partial charge in [-0.2, -0.15) is 0 Å². The molecular weight excluding hydrogens is 208 g/mol. The molecular formula is C13H15ClO. The van der Waals surface area contributed by atoms with E-state index in [9.17, 15) is 5.11 Å². The van der Waals surface area contributed by atoms with E-state index in [1.807, 2.05) is 31.2 Å². The van der Waals surface area contributed by atoms with Gasteiger partial charge in [0.25, 0.3) is 0 Å². The van der Waals surface area contributed by atoms with Gasteiger partial charge in [0, 0.05) is 5.02 Å². The first kappa shape index (κ1) is 10.6. The van der Waals surface area contributed by atoms with E-state index >= 15 is 0 Å². The SMILES string of the molecule is C/C=C(\O)C1(c2ccc(Cl)cc2)CCC1. The number of hydrogen-bond acceptors (Lipinski definition) is 1. The summed E-state index contributed by atoms with van der Waals surface area (Å²) >= 11 is 5.86. The Bertz CT molecular complexity index is 374. The monoisotopic (exact) mass is 222 g/mol. The molecule has 2 heteroatoms. The standard InChI is InChI=1S/C13H15ClO/c1-2-12(15)13(8-3-9-13)10-4-6-11(14)7-5-10/h2,4-7,15H,3,8-9H2,1H3/b12-2-. The summed E-state index contributed by atoms with van der Waals surface area (Å²) in [5, 5.41) is 10.7. The lowest BCUT2D eigenvalue weighted by molar-refractivity contribution is 0.196. The van der Waals surface area contributed by atoms with Crippen molar-refractivity contribution >= 4 is 11.6 Å². The fourth-order valence-corrected chi connectivity index (χ4v) is 2.39. The number of rotatable bonds is 2. The van der Waals surface area contributed by atoms with Crippen molar-refractivity contribution in [1.29, 1.82) is 0 Å². The third-order valence-electron chi connectivity index (χ3n) is 3.37. The van der Waals surface area contributed by atoms with Gasteiger partial charge in [-0.15, -0.1) is 0 Å². The number of hydrogen-bond donors (Lipinski definition) is 1. The van der Waals surface area contributed by atoms with Crippen molar-refractivity contribution in [3.63, 3.8) is 0 Å². The first-order chi connectivity index (χ1) is 7.19. The molecule has 1 aliphatic carbocycles. The van der Waals surface area contributed by atoms with Gasteiger partial charge in [-0.1, -0.05) is 30.2 Å². The maximum atomic E-state index is 9.98. The molecule has 0 amide bonds. The van der Waals surface area contributed by atoms with Crippen LogP contribution in [-0.4, -0.2) is 5.11 Å². The van der Waals surface area contributed by atoms with Crippen molar-refractivity contribution in [1.82, 2.24) is 0 Å². The van der Waals surface area contributed by atoms with Crippen molar-refractivity contribution in [3.8, 4) is 0 Å². The van der Waals surface area contributed by atoms with E-state index in [2.05, 4.69) is 0 Å². The molecule has 0 bridgehead atoms.